The number of hydrogen-bond acceptors (Lipinski definition) is 8. The van der Waals surface area contributed by atoms with Gasteiger partial charge >= 0.3 is 5.97 Å². The van der Waals surface area contributed by atoms with Crippen molar-refractivity contribution in [3.05, 3.63) is 47.3 Å². The van der Waals surface area contributed by atoms with E-state index in [-0.39, 0.29) is 59.6 Å². The third-order valence-electron chi connectivity index (χ3n) is 13.5. The lowest BCUT2D eigenvalue weighted by Crippen LogP contribution is -2.64. The van der Waals surface area contributed by atoms with Crippen LogP contribution in [-0.4, -0.2) is 62.5 Å². The van der Waals surface area contributed by atoms with Crippen molar-refractivity contribution < 1.29 is 34.0 Å². The largest absolute Gasteiger partial charge is 0.508 e. The molecule has 1 unspecified atom stereocenters. The molecule has 8 rings (SSSR count). The number of aliphatic hydroxyl groups is 1. The lowest BCUT2D eigenvalue weighted by molar-refractivity contribution is -0.212. The molecule has 0 amide bonds. The molecule has 1 aromatic heterocycles. The van der Waals surface area contributed by atoms with E-state index in [1.807, 2.05) is 23.7 Å². The second-order valence-corrected chi connectivity index (χ2v) is 16.1. The summed E-state index contributed by atoms with van der Waals surface area (Å²) in [7, 11) is 0. The van der Waals surface area contributed by atoms with Crippen LogP contribution >= 0.6 is 0 Å². The number of rotatable bonds is 7. The van der Waals surface area contributed by atoms with Gasteiger partial charge in [-0.3, -0.25) is 9.59 Å². The van der Waals surface area contributed by atoms with Gasteiger partial charge in [-0.25, -0.2) is 4.68 Å². The van der Waals surface area contributed by atoms with Crippen LogP contribution in [0, 0.1) is 34.5 Å². The number of phenols is 1. The van der Waals surface area contributed by atoms with E-state index in [0.29, 0.717) is 19.3 Å². The fourth-order valence-corrected chi connectivity index (χ4v) is 11.3. The van der Waals surface area contributed by atoms with Crippen LogP contribution in [0.4, 0.5) is 0 Å². The van der Waals surface area contributed by atoms with Crippen LogP contribution in [-0.2, 0) is 30.2 Å². The number of esters is 1. The number of aliphatic hydroxyl groups excluding tert-OH is 1. The molecule has 2 aromatic rings. The number of carbonyl (C=O) groups excluding carboxylic acids is 2. The summed E-state index contributed by atoms with van der Waals surface area (Å²) in [5.74, 6) is 0.222. The van der Waals surface area contributed by atoms with E-state index in [1.165, 1.54) is 12.0 Å². The quantitative estimate of drug-likeness (QED) is 0.332. The SMILES string of the molecule is CCCC(=O)OCC(=O)[C@@]12OC(C3CCCCC3)O[C@@H]1C[C@H]1[C@@H]3CCC4=Cc5nn(-c6ccc(O)cc6)cc5C[C@]4(C)[C@H]3[C@@H](O)C[C@@]12C. The average Bonchev–Trinajstić information content (AvgIpc) is 3.73. The molecular formula is C39H50N2O7. The Hall–Kier alpha value is -3.01. The maximum absolute atomic E-state index is 14.5. The van der Waals surface area contributed by atoms with Crippen molar-refractivity contribution in [2.45, 2.75) is 122 Å². The van der Waals surface area contributed by atoms with Gasteiger partial charge in [-0.05, 0) is 110 Å². The summed E-state index contributed by atoms with van der Waals surface area (Å²) < 4.78 is 21.2. The first-order valence-corrected chi connectivity index (χ1v) is 18.4. The third kappa shape index (κ3) is 4.78. The zero-order chi connectivity index (χ0) is 33.4. The summed E-state index contributed by atoms with van der Waals surface area (Å²) in [6, 6.07) is 7.06. The number of fused-ring (bicyclic) bond motifs is 8. The normalized spacial score (nSPS) is 38.6. The molecule has 9 heteroatoms. The molecule has 2 heterocycles. The van der Waals surface area contributed by atoms with Crippen LogP contribution in [0.3, 0.4) is 0 Å². The molecule has 5 fully saturated rings. The van der Waals surface area contributed by atoms with E-state index in [2.05, 4.69) is 26.1 Å². The minimum absolute atomic E-state index is 0.0169. The molecule has 5 aliphatic carbocycles. The van der Waals surface area contributed by atoms with E-state index >= 15 is 0 Å². The monoisotopic (exact) mass is 658 g/mol. The van der Waals surface area contributed by atoms with E-state index in [0.717, 1.165) is 61.9 Å². The van der Waals surface area contributed by atoms with Crippen LogP contribution in [0.2, 0.25) is 0 Å². The molecule has 1 aliphatic heterocycles. The summed E-state index contributed by atoms with van der Waals surface area (Å²) in [6.45, 7) is 6.08. The van der Waals surface area contributed by atoms with Crippen LogP contribution in [0.15, 0.2) is 36.0 Å². The number of phenolic OH excluding ortho intramolecular Hbond substituents is 1. The first kappa shape index (κ1) is 32.2. The van der Waals surface area contributed by atoms with E-state index in [9.17, 15) is 19.8 Å². The fourth-order valence-electron chi connectivity index (χ4n) is 11.3. The highest BCUT2D eigenvalue weighted by Gasteiger charge is 2.76. The van der Waals surface area contributed by atoms with Gasteiger partial charge in [0.2, 0.25) is 5.78 Å². The van der Waals surface area contributed by atoms with Crippen molar-refractivity contribution in [3.8, 4) is 11.4 Å². The molecule has 6 aliphatic rings. The highest BCUT2D eigenvalue weighted by Crippen LogP contribution is 2.70. The van der Waals surface area contributed by atoms with Crippen LogP contribution < -0.4 is 0 Å². The van der Waals surface area contributed by atoms with Gasteiger partial charge in [0.05, 0.1) is 23.6 Å². The minimum Gasteiger partial charge on any atom is -0.508 e. The number of hydrogen-bond donors (Lipinski definition) is 2. The molecular weight excluding hydrogens is 608 g/mol. The summed E-state index contributed by atoms with van der Waals surface area (Å²) >= 11 is 0. The van der Waals surface area contributed by atoms with Gasteiger partial charge in [0.25, 0.3) is 0 Å². The van der Waals surface area contributed by atoms with E-state index in [4.69, 9.17) is 19.3 Å². The maximum atomic E-state index is 14.5. The van der Waals surface area contributed by atoms with Gasteiger partial charge in [-0.2, -0.15) is 5.10 Å². The number of aromatic hydroxyl groups is 1. The fraction of sp³-hybridized carbons (Fsp3) is 0.667. The Bertz CT molecular complexity index is 1610. The van der Waals surface area contributed by atoms with Gasteiger partial charge in [0.1, 0.15) is 5.75 Å². The molecule has 9 nitrogen and oxygen atoms in total. The lowest BCUT2D eigenvalue weighted by Gasteiger charge is -2.60. The Morgan fingerprint density at radius 1 is 1.10 bits per heavy atom. The Labute approximate surface area is 283 Å². The second kappa shape index (κ2) is 11.8. The number of Topliss-reactive ketones (excluding diaryl/α,β-unsaturated/α-hetero) is 1. The summed E-state index contributed by atoms with van der Waals surface area (Å²) in [5.41, 5.74) is 2.19. The summed E-state index contributed by atoms with van der Waals surface area (Å²) in [5, 5.41) is 27.0. The minimum atomic E-state index is -1.25. The van der Waals surface area contributed by atoms with Crippen LogP contribution in [0.1, 0.15) is 103 Å². The highest BCUT2D eigenvalue weighted by atomic mass is 16.7. The first-order valence-electron chi connectivity index (χ1n) is 18.4. The predicted molar refractivity (Wildman–Crippen MR) is 178 cm³/mol. The van der Waals surface area contributed by atoms with Crippen molar-refractivity contribution in [1.29, 1.82) is 0 Å². The smallest absolute Gasteiger partial charge is 0.306 e. The molecule has 0 radical (unpaired) electrons. The molecule has 9 atom stereocenters. The Balaban J connectivity index is 1.10. The van der Waals surface area contributed by atoms with Gasteiger partial charge in [-0.15, -0.1) is 0 Å². The molecule has 2 N–H and O–H groups in total. The molecule has 1 aromatic carbocycles. The molecule has 0 spiro atoms. The Morgan fingerprint density at radius 2 is 1.88 bits per heavy atom. The zero-order valence-corrected chi connectivity index (χ0v) is 28.5. The van der Waals surface area contributed by atoms with Crippen molar-refractivity contribution in [2.75, 3.05) is 6.61 Å². The lowest BCUT2D eigenvalue weighted by atomic mass is 9.45. The zero-order valence-electron chi connectivity index (χ0n) is 28.5. The number of nitrogens with zero attached hydrogens (tertiary/aromatic N) is 2. The topological polar surface area (TPSA) is 120 Å². The number of allylic oxidation sites excluding steroid dienone is 1. The summed E-state index contributed by atoms with van der Waals surface area (Å²) in [6.07, 6.45) is 13.1. The maximum Gasteiger partial charge on any atom is 0.306 e. The number of benzene rings is 1. The van der Waals surface area contributed by atoms with E-state index in [1.54, 1.807) is 12.1 Å². The Morgan fingerprint density at radius 3 is 2.62 bits per heavy atom. The van der Waals surface area contributed by atoms with Gasteiger partial charge in [0, 0.05) is 24.0 Å². The molecule has 0 bridgehead atoms. The van der Waals surface area contributed by atoms with Crippen LogP contribution in [0.5, 0.6) is 5.75 Å². The number of ketones is 1. The standard InChI is InChI=1S/C39H50N2O7/c1-4-8-34(45)46-22-32(44)39-33(47-36(48-39)23-9-6-5-7-10-23)18-29-28-16-11-25-17-30-24(21-41(40-30)26-12-14-27(42)15-13-26)19-37(25,2)35(28)31(43)20-38(29,39)3/h12-15,17,21,23,28-29,31,33,35-36,42-43H,4-11,16,18-20,22H2,1-3H3/t28-,29-,31-,33+,35+,36?,37-,38-,39+/m0/s1. The first-order chi connectivity index (χ1) is 23.1. The molecule has 1 saturated heterocycles. The van der Waals surface area contributed by atoms with Gasteiger partial charge in [-0.1, -0.05) is 45.6 Å². The van der Waals surface area contributed by atoms with Crippen LogP contribution in [0.25, 0.3) is 11.8 Å². The van der Waals surface area contributed by atoms with Gasteiger partial charge < -0.3 is 24.4 Å². The Kier molecular flexibility index (Phi) is 7.92. The van der Waals surface area contributed by atoms with Crippen molar-refractivity contribution in [2.24, 2.45) is 34.5 Å². The predicted octanol–water partition coefficient (Wildman–Crippen LogP) is 6.31. The van der Waals surface area contributed by atoms with Crippen molar-refractivity contribution in [1.82, 2.24) is 9.78 Å². The molecule has 48 heavy (non-hydrogen) atoms. The van der Waals surface area contributed by atoms with Crippen molar-refractivity contribution >= 4 is 17.8 Å². The van der Waals surface area contributed by atoms with Crippen molar-refractivity contribution in [3.63, 3.8) is 0 Å². The molecule has 258 valence electrons. The average molecular weight is 659 g/mol. The third-order valence-corrected chi connectivity index (χ3v) is 13.5. The number of carbonyl (C=O) groups is 2. The highest BCUT2D eigenvalue weighted by molar-refractivity contribution is 5.92. The second-order valence-electron chi connectivity index (χ2n) is 16.1. The number of aromatic nitrogens is 2. The summed E-state index contributed by atoms with van der Waals surface area (Å²) in [4.78, 5) is 26.9. The molecule has 4 saturated carbocycles. The van der Waals surface area contributed by atoms with E-state index < -0.39 is 29.5 Å². The number of ether oxygens (including phenoxy) is 3. The van der Waals surface area contributed by atoms with Gasteiger partial charge in [0.15, 0.2) is 18.5 Å².